The van der Waals surface area contributed by atoms with Crippen LogP contribution in [0.4, 0.5) is 5.69 Å². The first-order valence-electron chi connectivity index (χ1n) is 12.1. The Morgan fingerprint density at radius 3 is 2.35 bits per heavy atom. The normalized spacial score (nSPS) is 27.5. The number of benzene rings is 1. The van der Waals surface area contributed by atoms with Crippen molar-refractivity contribution >= 4 is 17.5 Å². The molecule has 0 bridgehead atoms. The molecule has 1 saturated carbocycles. The lowest BCUT2D eigenvalue weighted by Crippen LogP contribution is -2.50. The number of fused-ring (bicyclic) bond motifs is 1. The standard InChI is InChI=1S/C25H38N4O2/c1-17(2)18-8-10-19(11-9-18)28-14-12-20(13-15-28)29-23-7-5-4-6-21(23)22(25(29)31)16-24(30)27-26-3/h4-7,17-20,22,26H,8-16H2,1-3H3,(H,27,30)/t18-,19+,22?. The van der Waals surface area contributed by atoms with Crippen LogP contribution in [0.5, 0.6) is 0 Å². The van der Waals surface area contributed by atoms with E-state index in [-0.39, 0.29) is 30.2 Å². The molecule has 31 heavy (non-hydrogen) atoms. The van der Waals surface area contributed by atoms with Crippen molar-refractivity contribution in [2.75, 3.05) is 25.0 Å². The van der Waals surface area contributed by atoms with E-state index in [4.69, 9.17) is 0 Å². The summed E-state index contributed by atoms with van der Waals surface area (Å²) in [6.07, 6.45) is 7.57. The number of nitrogens with zero attached hydrogens (tertiary/aromatic N) is 2. The van der Waals surface area contributed by atoms with Crippen molar-refractivity contribution in [3.05, 3.63) is 29.8 Å². The molecule has 0 radical (unpaired) electrons. The first kappa shape index (κ1) is 22.3. The van der Waals surface area contributed by atoms with E-state index in [1.807, 2.05) is 29.2 Å². The van der Waals surface area contributed by atoms with Gasteiger partial charge in [-0.1, -0.05) is 32.0 Å². The van der Waals surface area contributed by atoms with Crippen molar-refractivity contribution < 1.29 is 9.59 Å². The molecule has 0 aromatic heterocycles. The van der Waals surface area contributed by atoms with Crippen LogP contribution in [0.15, 0.2) is 24.3 Å². The molecule has 170 valence electrons. The molecular weight excluding hydrogens is 388 g/mol. The minimum Gasteiger partial charge on any atom is -0.308 e. The third-order valence-electron chi connectivity index (χ3n) is 7.83. The average Bonchev–Trinajstić information content (AvgIpc) is 3.05. The maximum absolute atomic E-state index is 13.4. The molecule has 1 aromatic rings. The predicted molar refractivity (Wildman–Crippen MR) is 124 cm³/mol. The molecule has 1 atom stereocenters. The maximum atomic E-state index is 13.4. The fraction of sp³-hybridized carbons (Fsp3) is 0.680. The van der Waals surface area contributed by atoms with Gasteiger partial charge in [0, 0.05) is 44.3 Å². The highest BCUT2D eigenvalue weighted by molar-refractivity contribution is 6.07. The number of amides is 2. The van der Waals surface area contributed by atoms with Gasteiger partial charge in [0.2, 0.25) is 11.8 Å². The Hall–Kier alpha value is -1.92. The van der Waals surface area contributed by atoms with Gasteiger partial charge in [0.25, 0.3) is 0 Å². The Bertz CT molecular complexity index is 779. The highest BCUT2D eigenvalue weighted by atomic mass is 16.2. The number of nitrogens with one attached hydrogen (secondary N) is 2. The van der Waals surface area contributed by atoms with Crippen LogP contribution in [-0.4, -0.2) is 48.9 Å². The van der Waals surface area contributed by atoms with Gasteiger partial charge in [0.05, 0.1) is 5.92 Å². The zero-order valence-electron chi connectivity index (χ0n) is 19.3. The van der Waals surface area contributed by atoms with Crippen LogP contribution in [-0.2, 0) is 9.59 Å². The van der Waals surface area contributed by atoms with Crippen molar-refractivity contribution in [3.63, 3.8) is 0 Å². The number of para-hydroxylation sites is 1. The van der Waals surface area contributed by atoms with Gasteiger partial charge >= 0.3 is 0 Å². The van der Waals surface area contributed by atoms with Gasteiger partial charge in [-0.2, -0.15) is 0 Å². The minimum atomic E-state index is -0.381. The van der Waals surface area contributed by atoms with Crippen LogP contribution >= 0.6 is 0 Å². The van der Waals surface area contributed by atoms with Gasteiger partial charge in [0.1, 0.15) is 0 Å². The zero-order valence-corrected chi connectivity index (χ0v) is 19.3. The molecule has 6 nitrogen and oxygen atoms in total. The number of hydrazine groups is 1. The summed E-state index contributed by atoms with van der Waals surface area (Å²) in [5.74, 6) is 1.25. The molecule has 1 saturated heterocycles. The largest absolute Gasteiger partial charge is 0.308 e. The fourth-order valence-corrected chi connectivity index (χ4v) is 6.01. The molecule has 4 rings (SSSR count). The number of hydrogen-bond acceptors (Lipinski definition) is 4. The van der Waals surface area contributed by atoms with Gasteiger partial charge < -0.3 is 9.80 Å². The summed E-state index contributed by atoms with van der Waals surface area (Å²) in [5.41, 5.74) is 7.27. The van der Waals surface area contributed by atoms with Crippen molar-refractivity contribution in [1.82, 2.24) is 15.8 Å². The highest BCUT2D eigenvalue weighted by Crippen LogP contribution is 2.42. The number of carbonyl (C=O) groups excluding carboxylic acids is 2. The molecular formula is C25H38N4O2. The second-order valence-electron chi connectivity index (χ2n) is 9.90. The summed E-state index contributed by atoms with van der Waals surface area (Å²) in [6.45, 7) is 6.85. The van der Waals surface area contributed by atoms with Crippen molar-refractivity contribution in [2.45, 2.75) is 76.8 Å². The Kier molecular flexibility index (Phi) is 6.97. The van der Waals surface area contributed by atoms with E-state index < -0.39 is 0 Å². The number of anilines is 1. The summed E-state index contributed by atoms with van der Waals surface area (Å²) >= 11 is 0. The molecule has 2 fully saturated rings. The van der Waals surface area contributed by atoms with E-state index in [1.54, 1.807) is 7.05 Å². The van der Waals surface area contributed by atoms with Crippen LogP contribution in [0.3, 0.4) is 0 Å². The second-order valence-corrected chi connectivity index (χ2v) is 9.90. The Labute approximate surface area is 186 Å². The number of piperidine rings is 1. The highest BCUT2D eigenvalue weighted by Gasteiger charge is 2.42. The van der Waals surface area contributed by atoms with E-state index in [0.29, 0.717) is 0 Å². The van der Waals surface area contributed by atoms with E-state index in [1.165, 1.54) is 25.7 Å². The summed E-state index contributed by atoms with van der Waals surface area (Å²) in [5, 5.41) is 0. The lowest BCUT2D eigenvalue weighted by molar-refractivity contribution is -0.126. The van der Waals surface area contributed by atoms with E-state index in [2.05, 4.69) is 29.6 Å². The van der Waals surface area contributed by atoms with Crippen LogP contribution in [0, 0.1) is 11.8 Å². The molecule has 2 amide bonds. The summed E-state index contributed by atoms with van der Waals surface area (Å²) in [7, 11) is 1.66. The first-order valence-corrected chi connectivity index (χ1v) is 12.1. The molecule has 1 unspecified atom stereocenters. The third-order valence-corrected chi connectivity index (χ3v) is 7.83. The summed E-state index contributed by atoms with van der Waals surface area (Å²) in [4.78, 5) is 30.3. The molecule has 2 aliphatic heterocycles. The van der Waals surface area contributed by atoms with Gasteiger partial charge in [0.15, 0.2) is 0 Å². The smallest absolute Gasteiger partial charge is 0.235 e. The number of carbonyl (C=O) groups is 2. The minimum absolute atomic E-state index is 0.0864. The maximum Gasteiger partial charge on any atom is 0.235 e. The Morgan fingerprint density at radius 1 is 1.03 bits per heavy atom. The van der Waals surface area contributed by atoms with Gasteiger partial charge in [-0.25, -0.2) is 5.43 Å². The first-order chi connectivity index (χ1) is 15.0. The van der Waals surface area contributed by atoms with Crippen molar-refractivity contribution in [1.29, 1.82) is 0 Å². The molecule has 1 aromatic carbocycles. The lowest BCUT2D eigenvalue weighted by atomic mass is 9.79. The predicted octanol–water partition coefficient (Wildman–Crippen LogP) is 3.44. The van der Waals surface area contributed by atoms with E-state index >= 15 is 0 Å². The molecule has 2 heterocycles. The van der Waals surface area contributed by atoms with Crippen LogP contribution < -0.4 is 15.8 Å². The van der Waals surface area contributed by atoms with Crippen molar-refractivity contribution in [3.8, 4) is 0 Å². The monoisotopic (exact) mass is 426 g/mol. The average molecular weight is 427 g/mol. The summed E-state index contributed by atoms with van der Waals surface area (Å²) in [6, 6.07) is 8.96. The summed E-state index contributed by atoms with van der Waals surface area (Å²) < 4.78 is 0. The molecule has 3 aliphatic rings. The second kappa shape index (κ2) is 9.70. The number of hydrogen-bond donors (Lipinski definition) is 2. The quantitative estimate of drug-likeness (QED) is 0.684. The Morgan fingerprint density at radius 2 is 1.71 bits per heavy atom. The van der Waals surface area contributed by atoms with Crippen LogP contribution in [0.2, 0.25) is 0 Å². The molecule has 1 aliphatic carbocycles. The number of likely N-dealkylation sites (tertiary alicyclic amines) is 1. The fourth-order valence-electron chi connectivity index (χ4n) is 6.01. The van der Waals surface area contributed by atoms with E-state index in [9.17, 15) is 9.59 Å². The van der Waals surface area contributed by atoms with E-state index in [0.717, 1.165) is 55.1 Å². The topological polar surface area (TPSA) is 64.7 Å². The van der Waals surface area contributed by atoms with Crippen LogP contribution in [0.25, 0.3) is 0 Å². The van der Waals surface area contributed by atoms with Crippen molar-refractivity contribution in [2.24, 2.45) is 11.8 Å². The third kappa shape index (κ3) is 4.65. The van der Waals surface area contributed by atoms with Gasteiger partial charge in [-0.05, 0) is 62.0 Å². The molecule has 2 N–H and O–H groups in total. The van der Waals surface area contributed by atoms with Gasteiger partial charge in [-0.15, -0.1) is 0 Å². The SMILES string of the molecule is CNNC(=O)CC1C(=O)N(C2CCN([C@H]3CC[C@@H](C(C)C)CC3)CC2)c2ccccc21. The Balaban J connectivity index is 1.39. The number of rotatable bonds is 6. The molecule has 6 heteroatoms. The lowest BCUT2D eigenvalue weighted by Gasteiger charge is -2.43. The molecule has 0 spiro atoms. The van der Waals surface area contributed by atoms with Crippen LogP contribution in [0.1, 0.15) is 70.3 Å². The zero-order chi connectivity index (χ0) is 22.0. The van der Waals surface area contributed by atoms with Gasteiger partial charge in [-0.3, -0.25) is 15.0 Å².